The number of likely N-dealkylation sites (tertiary alicyclic amines) is 1. The lowest BCUT2D eigenvalue weighted by atomic mass is 10.0. The topological polar surface area (TPSA) is 67.9 Å². The molecule has 2 aromatic carbocycles. The predicted octanol–water partition coefficient (Wildman–Crippen LogP) is 3.06. The Morgan fingerprint density at radius 3 is 2.45 bits per heavy atom. The fourth-order valence-electron chi connectivity index (χ4n) is 3.50. The molecule has 2 aromatic rings. The Morgan fingerprint density at radius 2 is 1.79 bits per heavy atom. The molecule has 1 aliphatic rings. The summed E-state index contributed by atoms with van der Waals surface area (Å²) in [5, 5.41) is 3.10. The molecule has 1 saturated heterocycles. The fourth-order valence-corrected chi connectivity index (χ4v) is 3.50. The number of nitrogens with one attached hydrogen (secondary N) is 1. The van der Waals surface area contributed by atoms with Crippen LogP contribution in [0.4, 0.5) is 0 Å². The van der Waals surface area contributed by atoms with Crippen molar-refractivity contribution < 1.29 is 19.1 Å². The molecule has 0 radical (unpaired) electrons. The van der Waals surface area contributed by atoms with Crippen LogP contribution in [-0.2, 0) is 11.2 Å². The van der Waals surface area contributed by atoms with Crippen LogP contribution in [-0.4, -0.2) is 49.6 Å². The van der Waals surface area contributed by atoms with Crippen molar-refractivity contribution in [3.8, 4) is 11.5 Å². The zero-order valence-electron chi connectivity index (χ0n) is 17.0. The van der Waals surface area contributed by atoms with Gasteiger partial charge in [0.05, 0.1) is 20.1 Å². The molecular weight excluding hydrogens is 368 g/mol. The van der Waals surface area contributed by atoms with Gasteiger partial charge in [-0.1, -0.05) is 18.2 Å². The van der Waals surface area contributed by atoms with Crippen LogP contribution in [0.2, 0.25) is 0 Å². The van der Waals surface area contributed by atoms with Gasteiger partial charge < -0.3 is 19.7 Å². The van der Waals surface area contributed by atoms with E-state index in [1.165, 1.54) is 0 Å². The van der Waals surface area contributed by atoms with Crippen LogP contribution in [0.1, 0.15) is 35.7 Å². The van der Waals surface area contributed by atoms with E-state index in [1.807, 2.05) is 48.2 Å². The molecule has 6 nitrogen and oxygen atoms in total. The number of hydrogen-bond donors (Lipinski definition) is 1. The number of ether oxygens (including phenoxy) is 2. The summed E-state index contributed by atoms with van der Waals surface area (Å²) >= 11 is 0. The fraction of sp³-hybridized carbons (Fsp3) is 0.391. The number of methoxy groups -OCH3 is 1. The van der Waals surface area contributed by atoms with Gasteiger partial charge in [-0.3, -0.25) is 9.59 Å². The van der Waals surface area contributed by atoms with E-state index in [-0.39, 0.29) is 17.9 Å². The van der Waals surface area contributed by atoms with Gasteiger partial charge in [-0.05, 0) is 55.7 Å². The molecule has 0 saturated carbocycles. The van der Waals surface area contributed by atoms with Crippen LogP contribution in [0.5, 0.6) is 11.5 Å². The predicted molar refractivity (Wildman–Crippen MR) is 111 cm³/mol. The van der Waals surface area contributed by atoms with Gasteiger partial charge in [-0.2, -0.15) is 0 Å². The summed E-state index contributed by atoms with van der Waals surface area (Å²) in [6.07, 6.45) is 1.85. The van der Waals surface area contributed by atoms with Gasteiger partial charge >= 0.3 is 0 Å². The smallest absolute Gasteiger partial charge is 0.253 e. The number of hydrogen-bond acceptors (Lipinski definition) is 4. The summed E-state index contributed by atoms with van der Waals surface area (Å²) in [5.41, 5.74) is 1.58. The van der Waals surface area contributed by atoms with E-state index in [1.54, 1.807) is 19.2 Å². The van der Waals surface area contributed by atoms with E-state index >= 15 is 0 Å². The van der Waals surface area contributed by atoms with E-state index in [0.29, 0.717) is 37.4 Å². The average molecular weight is 396 g/mol. The lowest BCUT2D eigenvalue weighted by molar-refractivity contribution is -0.121. The van der Waals surface area contributed by atoms with Gasteiger partial charge in [0.25, 0.3) is 5.91 Å². The SMILES string of the molecule is CCOc1ccc(CC(=O)NC2CCN(C(=O)c3cccc(OC)c3)CC2)cc1. The molecule has 0 aliphatic carbocycles. The highest BCUT2D eigenvalue weighted by Gasteiger charge is 2.24. The third-order valence-electron chi connectivity index (χ3n) is 5.06. The first-order chi connectivity index (χ1) is 14.1. The van der Waals surface area contributed by atoms with Crippen molar-refractivity contribution in [2.24, 2.45) is 0 Å². The number of piperidine rings is 1. The Kier molecular flexibility index (Phi) is 7.11. The molecule has 0 bridgehead atoms. The second-order valence-electron chi connectivity index (χ2n) is 7.12. The molecule has 3 rings (SSSR count). The van der Waals surface area contributed by atoms with Crippen molar-refractivity contribution >= 4 is 11.8 Å². The Bertz CT molecular complexity index is 827. The lowest BCUT2D eigenvalue weighted by Gasteiger charge is -2.32. The summed E-state index contributed by atoms with van der Waals surface area (Å²) < 4.78 is 10.6. The van der Waals surface area contributed by atoms with Crippen LogP contribution in [0.3, 0.4) is 0 Å². The number of carbonyl (C=O) groups is 2. The Balaban J connectivity index is 1.46. The standard InChI is InChI=1S/C23H28N2O4/c1-3-29-20-9-7-17(8-10-20)15-22(26)24-19-11-13-25(14-12-19)23(27)18-5-4-6-21(16-18)28-2/h4-10,16,19H,3,11-15H2,1-2H3,(H,24,26). The second-order valence-corrected chi connectivity index (χ2v) is 7.12. The van der Waals surface area contributed by atoms with Crippen LogP contribution >= 0.6 is 0 Å². The van der Waals surface area contributed by atoms with E-state index in [2.05, 4.69) is 5.32 Å². The summed E-state index contributed by atoms with van der Waals surface area (Å²) in [7, 11) is 1.59. The van der Waals surface area contributed by atoms with E-state index in [4.69, 9.17) is 9.47 Å². The minimum Gasteiger partial charge on any atom is -0.497 e. The zero-order valence-corrected chi connectivity index (χ0v) is 17.0. The highest BCUT2D eigenvalue weighted by atomic mass is 16.5. The van der Waals surface area contributed by atoms with Crippen molar-refractivity contribution in [3.05, 3.63) is 59.7 Å². The molecule has 0 aromatic heterocycles. The maximum Gasteiger partial charge on any atom is 0.253 e. The highest BCUT2D eigenvalue weighted by molar-refractivity contribution is 5.94. The highest BCUT2D eigenvalue weighted by Crippen LogP contribution is 2.18. The summed E-state index contributed by atoms with van der Waals surface area (Å²) in [4.78, 5) is 26.9. The molecule has 1 N–H and O–H groups in total. The average Bonchev–Trinajstić information content (AvgIpc) is 2.75. The van der Waals surface area contributed by atoms with Crippen molar-refractivity contribution in [2.45, 2.75) is 32.2 Å². The van der Waals surface area contributed by atoms with Gasteiger partial charge in [-0.25, -0.2) is 0 Å². The first kappa shape index (κ1) is 20.7. The summed E-state index contributed by atoms with van der Waals surface area (Å²) in [6.45, 7) is 3.82. The Hall–Kier alpha value is -3.02. The normalized spacial score (nSPS) is 14.3. The molecule has 29 heavy (non-hydrogen) atoms. The molecule has 2 amide bonds. The van der Waals surface area contributed by atoms with E-state index < -0.39 is 0 Å². The lowest BCUT2D eigenvalue weighted by Crippen LogP contribution is -2.46. The third kappa shape index (κ3) is 5.73. The van der Waals surface area contributed by atoms with Crippen molar-refractivity contribution in [2.75, 3.05) is 26.8 Å². The molecule has 6 heteroatoms. The number of amides is 2. The number of benzene rings is 2. The van der Waals surface area contributed by atoms with Gasteiger partial charge in [-0.15, -0.1) is 0 Å². The largest absolute Gasteiger partial charge is 0.497 e. The Labute approximate surface area is 171 Å². The van der Waals surface area contributed by atoms with Crippen LogP contribution in [0, 0.1) is 0 Å². The monoisotopic (exact) mass is 396 g/mol. The van der Waals surface area contributed by atoms with Gasteiger partial charge in [0, 0.05) is 24.7 Å². The van der Waals surface area contributed by atoms with Crippen LogP contribution < -0.4 is 14.8 Å². The number of carbonyl (C=O) groups excluding carboxylic acids is 2. The van der Waals surface area contributed by atoms with Crippen molar-refractivity contribution in [3.63, 3.8) is 0 Å². The van der Waals surface area contributed by atoms with Gasteiger partial charge in [0.15, 0.2) is 0 Å². The molecule has 1 fully saturated rings. The number of nitrogens with zero attached hydrogens (tertiary/aromatic N) is 1. The van der Waals surface area contributed by atoms with Crippen molar-refractivity contribution in [1.82, 2.24) is 10.2 Å². The van der Waals surface area contributed by atoms with Crippen LogP contribution in [0.15, 0.2) is 48.5 Å². The first-order valence-electron chi connectivity index (χ1n) is 10.0. The maximum atomic E-state index is 12.7. The molecule has 0 unspecified atom stereocenters. The molecule has 0 atom stereocenters. The molecule has 1 heterocycles. The van der Waals surface area contributed by atoms with Gasteiger partial charge in [0.2, 0.25) is 5.91 Å². The second kappa shape index (κ2) is 9.96. The van der Waals surface area contributed by atoms with Crippen molar-refractivity contribution in [1.29, 1.82) is 0 Å². The summed E-state index contributed by atoms with van der Waals surface area (Å²) in [6, 6.07) is 14.9. The zero-order chi connectivity index (χ0) is 20.6. The molecule has 0 spiro atoms. The maximum absolute atomic E-state index is 12.7. The quantitative estimate of drug-likeness (QED) is 0.781. The van der Waals surface area contributed by atoms with E-state index in [0.717, 1.165) is 24.2 Å². The first-order valence-corrected chi connectivity index (χ1v) is 10.0. The third-order valence-corrected chi connectivity index (χ3v) is 5.06. The molecular formula is C23H28N2O4. The molecule has 1 aliphatic heterocycles. The minimum absolute atomic E-state index is 0.00284. The minimum atomic E-state index is 0.00284. The summed E-state index contributed by atoms with van der Waals surface area (Å²) in [5.74, 6) is 1.49. The van der Waals surface area contributed by atoms with E-state index in [9.17, 15) is 9.59 Å². The number of rotatable bonds is 7. The molecule has 154 valence electrons. The van der Waals surface area contributed by atoms with Gasteiger partial charge in [0.1, 0.15) is 11.5 Å². The Morgan fingerprint density at radius 1 is 1.07 bits per heavy atom. The van der Waals surface area contributed by atoms with Crippen LogP contribution in [0.25, 0.3) is 0 Å².